The fraction of sp³-hybridized carbons (Fsp3) is 0.286. The van der Waals surface area contributed by atoms with Crippen LogP contribution in [0.15, 0.2) is 118 Å². The van der Waals surface area contributed by atoms with E-state index in [-0.39, 0.29) is 19.5 Å². The van der Waals surface area contributed by atoms with E-state index in [2.05, 4.69) is 107 Å². The second-order valence-corrected chi connectivity index (χ2v) is 16.9. The molecule has 0 radical (unpaired) electrons. The summed E-state index contributed by atoms with van der Waals surface area (Å²) >= 11 is 15.1. The van der Waals surface area contributed by atoms with Gasteiger partial charge in [-0.05, 0) is 108 Å². The van der Waals surface area contributed by atoms with Crippen LogP contribution in [0.3, 0.4) is 0 Å². The molecule has 0 spiro atoms. The zero-order chi connectivity index (χ0) is 38.6. The third kappa shape index (κ3) is 18.6. The van der Waals surface area contributed by atoms with Gasteiger partial charge >= 0.3 is 19.5 Å². The number of hydrogen-bond donors (Lipinski definition) is 0. The predicted octanol–water partition coefficient (Wildman–Crippen LogP) is 14.4. The molecule has 6 nitrogen and oxygen atoms in total. The molecule has 6 aromatic rings. The monoisotopic (exact) mass is 926 g/mol. The summed E-state index contributed by atoms with van der Waals surface area (Å²) in [5.41, 5.74) is 6.12. The second-order valence-electron chi connectivity index (χ2n) is 11.5. The molecular formula is C42H44N6RuS6. The maximum Gasteiger partial charge on any atom is 2.00 e. The van der Waals surface area contributed by atoms with E-state index in [1.165, 1.54) is 102 Å². The average molecular weight is 926 g/mol. The molecule has 6 heterocycles. The summed E-state index contributed by atoms with van der Waals surface area (Å²) in [6.45, 7) is 4.53. The van der Waals surface area contributed by atoms with Gasteiger partial charge in [-0.25, -0.2) is 0 Å². The first-order valence-corrected chi connectivity index (χ1v) is 22.2. The molecule has 0 atom stereocenters. The average Bonchev–Trinajstić information content (AvgIpc) is 3.90. The Morgan fingerprint density at radius 1 is 0.527 bits per heavy atom. The molecule has 0 saturated heterocycles. The number of unbranched alkanes of at least 4 members (excludes halogenated alkanes) is 6. The van der Waals surface area contributed by atoms with Gasteiger partial charge in [0.1, 0.15) is 0 Å². The normalized spacial score (nSPS) is 9.78. The minimum Gasteiger partial charge on any atom is -0.753 e. The van der Waals surface area contributed by atoms with Crippen LogP contribution >= 0.6 is 70.6 Å². The summed E-state index contributed by atoms with van der Waals surface area (Å²) in [5.74, 6) is 2.42. The number of thioether (sulfide) groups is 2. The summed E-state index contributed by atoms with van der Waals surface area (Å²) in [5, 5.41) is 16.9. The molecule has 0 fully saturated rings. The van der Waals surface area contributed by atoms with E-state index in [1.807, 2.05) is 95.0 Å². The summed E-state index contributed by atoms with van der Waals surface area (Å²) in [7, 11) is 0. The number of isothiocyanates is 2. The van der Waals surface area contributed by atoms with E-state index >= 15 is 0 Å². The SMILES string of the molecule is CCCCCCSc1ccc(-c2ccnc(-c3cc(-c4ccc(SCCCCCC)s4)ccn3)c2)s1.[N-]=C=S.[N-]=C=S.[Ru+2].c1ccc(-c2ccccn2)nc1. The number of nitrogens with zero attached hydrogens (tertiary/aromatic N) is 6. The minimum absolute atomic E-state index is 0. The summed E-state index contributed by atoms with van der Waals surface area (Å²) in [6.07, 6.45) is 17.9. The van der Waals surface area contributed by atoms with Crippen molar-refractivity contribution in [3.05, 3.63) is 121 Å². The van der Waals surface area contributed by atoms with Crippen molar-refractivity contribution in [2.24, 2.45) is 0 Å². The number of thiocarbonyl (C=S) groups is 2. The molecule has 13 heteroatoms. The Bertz CT molecular complexity index is 1830. The summed E-state index contributed by atoms with van der Waals surface area (Å²) in [4.78, 5) is 20.3. The molecule has 55 heavy (non-hydrogen) atoms. The van der Waals surface area contributed by atoms with Crippen LogP contribution in [0.25, 0.3) is 54.5 Å². The summed E-state index contributed by atoms with van der Waals surface area (Å²) in [6, 6.07) is 29.2. The molecule has 6 aromatic heterocycles. The molecule has 0 N–H and O–H groups in total. The third-order valence-electron chi connectivity index (χ3n) is 7.59. The van der Waals surface area contributed by atoms with Gasteiger partial charge < -0.3 is 10.8 Å². The number of hydrogen-bond acceptors (Lipinski definition) is 10. The van der Waals surface area contributed by atoms with Gasteiger partial charge in [-0.2, -0.15) is 10.3 Å². The molecule has 0 saturated carbocycles. The van der Waals surface area contributed by atoms with Gasteiger partial charge in [0.25, 0.3) is 0 Å². The molecule has 0 aliphatic carbocycles. The van der Waals surface area contributed by atoms with E-state index in [4.69, 9.17) is 10.8 Å². The van der Waals surface area contributed by atoms with E-state index in [1.54, 1.807) is 12.4 Å². The van der Waals surface area contributed by atoms with Crippen molar-refractivity contribution in [3.63, 3.8) is 0 Å². The van der Waals surface area contributed by atoms with Crippen LogP contribution in [0.4, 0.5) is 0 Å². The van der Waals surface area contributed by atoms with Gasteiger partial charge in [0.2, 0.25) is 0 Å². The zero-order valence-corrected chi connectivity index (χ0v) is 37.6. The largest absolute Gasteiger partial charge is 2.00 e. The van der Waals surface area contributed by atoms with Crippen LogP contribution in [-0.2, 0) is 19.5 Å². The van der Waals surface area contributed by atoms with Crippen LogP contribution < -0.4 is 0 Å². The Hall–Kier alpha value is -3.08. The number of thiophene rings is 2. The van der Waals surface area contributed by atoms with Crippen molar-refractivity contribution in [2.45, 2.75) is 73.6 Å². The molecule has 0 aromatic carbocycles. The van der Waals surface area contributed by atoms with Crippen molar-refractivity contribution in [1.82, 2.24) is 19.9 Å². The van der Waals surface area contributed by atoms with Gasteiger partial charge in [-0.3, -0.25) is 19.9 Å². The van der Waals surface area contributed by atoms with E-state index in [0.29, 0.717) is 0 Å². The maximum absolute atomic E-state index is 7.13. The molecular weight excluding hydrogens is 882 g/mol. The van der Waals surface area contributed by atoms with E-state index in [9.17, 15) is 0 Å². The smallest absolute Gasteiger partial charge is 0.753 e. The van der Waals surface area contributed by atoms with E-state index < -0.39 is 0 Å². The number of pyridine rings is 4. The quantitative estimate of drug-likeness (QED) is 0.0311. The molecule has 0 amide bonds. The first-order chi connectivity index (χ1) is 26.6. The van der Waals surface area contributed by atoms with Gasteiger partial charge in [0.05, 0.1) is 31.2 Å². The van der Waals surface area contributed by atoms with Gasteiger partial charge in [0.15, 0.2) is 0 Å². The van der Waals surface area contributed by atoms with Crippen LogP contribution in [0, 0.1) is 0 Å². The summed E-state index contributed by atoms with van der Waals surface area (Å²) < 4.78 is 2.80. The Labute approximate surface area is 366 Å². The molecule has 0 aliphatic heterocycles. The van der Waals surface area contributed by atoms with E-state index in [0.717, 1.165) is 22.8 Å². The molecule has 0 aliphatic rings. The van der Waals surface area contributed by atoms with Crippen molar-refractivity contribution < 1.29 is 19.5 Å². The Kier molecular flexibility index (Phi) is 26.3. The second kappa shape index (κ2) is 30.1. The number of aromatic nitrogens is 4. The Balaban J connectivity index is 0.000000454. The zero-order valence-electron chi connectivity index (χ0n) is 30.9. The molecule has 286 valence electrons. The molecule has 6 rings (SSSR count). The van der Waals surface area contributed by atoms with Crippen LogP contribution in [0.1, 0.15) is 65.2 Å². The Morgan fingerprint density at radius 3 is 1.29 bits per heavy atom. The maximum atomic E-state index is 7.13. The first-order valence-electron chi connectivity index (χ1n) is 17.8. The standard InChI is InChI=1S/C30H36N2S4.C10H8N2.2CNS.Ru/c1-3-5-7-9-19-33-29-13-11-27(35-29)23-15-17-31-25(21-23)26-22-24(16-18-32-26)28-12-14-30(36-28)34-20-10-8-6-4-2;1-3-7-11-9(5-1)10-6-2-4-8-12-10;2*2-1-3;/h11-18,21-22H,3-10,19-20H2,1-2H3;1-8H;;;/q;;2*-1;+2. The fourth-order valence-corrected chi connectivity index (χ4v) is 9.39. The Morgan fingerprint density at radius 2 is 0.927 bits per heavy atom. The van der Waals surface area contributed by atoms with Crippen LogP contribution in [-0.4, -0.2) is 41.8 Å². The van der Waals surface area contributed by atoms with Gasteiger partial charge in [-0.1, -0.05) is 88.9 Å². The van der Waals surface area contributed by atoms with Crippen molar-refractivity contribution >= 4 is 81.0 Å². The minimum atomic E-state index is 0. The topological polar surface area (TPSA) is 96.2 Å². The van der Waals surface area contributed by atoms with Gasteiger partial charge in [-0.15, -0.1) is 46.2 Å². The fourth-order valence-electron chi connectivity index (χ4n) is 4.99. The van der Waals surface area contributed by atoms with Crippen molar-refractivity contribution in [3.8, 4) is 43.7 Å². The number of rotatable bonds is 16. The first kappa shape index (κ1) is 48.1. The van der Waals surface area contributed by atoms with Crippen LogP contribution in [0.2, 0.25) is 0 Å². The van der Waals surface area contributed by atoms with Crippen molar-refractivity contribution in [2.75, 3.05) is 11.5 Å². The predicted molar refractivity (Wildman–Crippen MR) is 243 cm³/mol. The third-order valence-corrected chi connectivity index (χ3v) is 12.5. The molecule has 0 bridgehead atoms. The van der Waals surface area contributed by atoms with Crippen LogP contribution in [0.5, 0.6) is 0 Å². The van der Waals surface area contributed by atoms with Gasteiger partial charge in [0, 0.05) is 34.5 Å². The molecule has 0 unspecified atom stereocenters. The van der Waals surface area contributed by atoms with Crippen molar-refractivity contribution in [1.29, 1.82) is 0 Å².